The van der Waals surface area contributed by atoms with E-state index in [1.807, 2.05) is 6.92 Å². The molecule has 2 amide bonds. The maximum atomic E-state index is 11.9. The molecule has 2 aromatic rings. The number of aryl methyl sites for hydroxylation is 1. The lowest BCUT2D eigenvalue weighted by molar-refractivity contribution is -0.123. The Morgan fingerprint density at radius 2 is 1.46 bits per heavy atom. The summed E-state index contributed by atoms with van der Waals surface area (Å²) < 4.78 is 0. The van der Waals surface area contributed by atoms with Gasteiger partial charge in [-0.25, -0.2) is 0 Å². The largest absolute Gasteiger partial charge is 0.326 e. The highest BCUT2D eigenvalue weighted by Gasteiger charge is 2.11. The average molecular weight is 345 g/mol. The van der Waals surface area contributed by atoms with Gasteiger partial charge >= 0.3 is 0 Å². The molecule has 0 spiro atoms. The first-order valence-corrected chi connectivity index (χ1v) is 7.70. The third kappa shape index (κ3) is 4.93. The summed E-state index contributed by atoms with van der Waals surface area (Å²) in [6.45, 7) is 3.33. The van der Waals surface area contributed by atoms with E-state index in [4.69, 9.17) is 11.6 Å². The van der Waals surface area contributed by atoms with Crippen molar-refractivity contribution in [1.29, 1.82) is 0 Å². The van der Waals surface area contributed by atoms with E-state index in [2.05, 4.69) is 10.6 Å². The Labute approximate surface area is 145 Å². The quantitative estimate of drug-likeness (QED) is 0.639. The number of rotatable bonds is 5. The monoisotopic (exact) mass is 344 g/mol. The molecule has 0 atom stereocenters. The van der Waals surface area contributed by atoms with Gasteiger partial charge in [-0.1, -0.05) is 17.7 Å². The molecule has 2 rings (SSSR count). The molecule has 0 bridgehead atoms. The minimum Gasteiger partial charge on any atom is -0.326 e. The normalized spacial score (nSPS) is 10.1. The van der Waals surface area contributed by atoms with Crippen molar-refractivity contribution in [2.75, 3.05) is 10.6 Å². The van der Waals surface area contributed by atoms with Crippen LogP contribution in [0.5, 0.6) is 0 Å². The van der Waals surface area contributed by atoms with E-state index < -0.39 is 11.8 Å². The Bertz CT molecular complexity index is 785. The van der Waals surface area contributed by atoms with E-state index in [0.29, 0.717) is 22.0 Å². The maximum absolute atomic E-state index is 11.9. The van der Waals surface area contributed by atoms with Gasteiger partial charge in [0.15, 0.2) is 5.78 Å². The number of hydrogen-bond donors (Lipinski definition) is 2. The van der Waals surface area contributed by atoms with Crippen LogP contribution >= 0.6 is 11.6 Å². The molecule has 0 aromatic heterocycles. The van der Waals surface area contributed by atoms with E-state index in [-0.39, 0.29) is 12.2 Å². The molecular formula is C18H17ClN2O3. The first-order valence-electron chi connectivity index (χ1n) is 7.32. The zero-order valence-electron chi connectivity index (χ0n) is 13.4. The van der Waals surface area contributed by atoms with Crippen LogP contribution in [-0.4, -0.2) is 17.6 Å². The average Bonchev–Trinajstić information content (AvgIpc) is 2.51. The second-order valence-electron chi connectivity index (χ2n) is 5.37. The number of hydrogen-bond acceptors (Lipinski definition) is 3. The molecule has 2 N–H and O–H groups in total. The van der Waals surface area contributed by atoms with Crippen molar-refractivity contribution in [3.8, 4) is 0 Å². The molecule has 0 unspecified atom stereocenters. The molecule has 124 valence electrons. The lowest BCUT2D eigenvalue weighted by Crippen LogP contribution is -2.21. The zero-order chi connectivity index (χ0) is 17.7. The lowest BCUT2D eigenvalue weighted by Gasteiger charge is -2.08. The first kappa shape index (κ1) is 17.7. The van der Waals surface area contributed by atoms with Crippen LogP contribution in [0.25, 0.3) is 0 Å². The van der Waals surface area contributed by atoms with Crippen LogP contribution in [0.1, 0.15) is 29.3 Å². The van der Waals surface area contributed by atoms with Gasteiger partial charge in [-0.15, -0.1) is 0 Å². The summed E-state index contributed by atoms with van der Waals surface area (Å²) in [6.07, 6.45) is -0.319. The summed E-state index contributed by atoms with van der Waals surface area (Å²) in [5.41, 5.74) is 2.52. The molecular weight excluding hydrogens is 328 g/mol. The highest BCUT2D eigenvalue weighted by atomic mass is 35.5. The summed E-state index contributed by atoms with van der Waals surface area (Å²) in [6, 6.07) is 11.6. The van der Waals surface area contributed by atoms with Crippen LogP contribution in [0.4, 0.5) is 11.4 Å². The van der Waals surface area contributed by atoms with Gasteiger partial charge in [0.2, 0.25) is 11.8 Å². The third-order valence-electron chi connectivity index (χ3n) is 3.35. The van der Waals surface area contributed by atoms with E-state index >= 15 is 0 Å². The van der Waals surface area contributed by atoms with Gasteiger partial charge in [0.05, 0.1) is 0 Å². The Morgan fingerprint density at radius 1 is 0.917 bits per heavy atom. The molecule has 0 saturated heterocycles. The van der Waals surface area contributed by atoms with Crippen molar-refractivity contribution in [2.24, 2.45) is 0 Å². The molecule has 2 aromatic carbocycles. The molecule has 5 nitrogen and oxygen atoms in total. The van der Waals surface area contributed by atoms with Crippen molar-refractivity contribution in [2.45, 2.75) is 20.3 Å². The van der Waals surface area contributed by atoms with Crippen LogP contribution < -0.4 is 10.6 Å². The van der Waals surface area contributed by atoms with Crippen molar-refractivity contribution in [3.63, 3.8) is 0 Å². The number of carbonyl (C=O) groups excluding carboxylic acids is 3. The fourth-order valence-electron chi connectivity index (χ4n) is 2.02. The van der Waals surface area contributed by atoms with Gasteiger partial charge in [0.25, 0.3) is 0 Å². The predicted octanol–water partition coefficient (Wildman–Crippen LogP) is 3.82. The molecule has 0 heterocycles. The van der Waals surface area contributed by atoms with E-state index in [9.17, 15) is 14.4 Å². The molecule has 0 saturated carbocycles. The van der Waals surface area contributed by atoms with Crippen molar-refractivity contribution < 1.29 is 14.4 Å². The summed E-state index contributed by atoms with van der Waals surface area (Å²) >= 11 is 5.99. The highest BCUT2D eigenvalue weighted by Crippen LogP contribution is 2.20. The second-order valence-corrected chi connectivity index (χ2v) is 5.78. The van der Waals surface area contributed by atoms with Gasteiger partial charge in [0.1, 0.15) is 6.42 Å². The summed E-state index contributed by atoms with van der Waals surface area (Å²) in [7, 11) is 0. The van der Waals surface area contributed by atoms with Gasteiger partial charge in [0, 0.05) is 22.0 Å². The van der Waals surface area contributed by atoms with Gasteiger partial charge in [-0.3, -0.25) is 14.4 Å². The number of amides is 2. The molecule has 0 aliphatic carbocycles. The predicted molar refractivity (Wildman–Crippen MR) is 94.5 cm³/mol. The minimum absolute atomic E-state index is 0.0518. The minimum atomic E-state index is -0.443. The number of nitrogens with one attached hydrogen (secondary N) is 2. The molecule has 6 heteroatoms. The number of Topliss-reactive ketones (excluding diaryl/α,β-unsaturated/α-hetero) is 1. The van der Waals surface area contributed by atoms with Crippen LogP contribution in [0.2, 0.25) is 5.02 Å². The first-order chi connectivity index (χ1) is 11.3. The fraction of sp³-hybridized carbons (Fsp3) is 0.167. The lowest BCUT2D eigenvalue weighted by atomic mass is 10.1. The van der Waals surface area contributed by atoms with Crippen molar-refractivity contribution in [3.05, 3.63) is 58.6 Å². The molecule has 0 aliphatic rings. The van der Waals surface area contributed by atoms with Gasteiger partial charge in [-0.05, 0) is 55.8 Å². The Kier molecular flexibility index (Phi) is 5.71. The van der Waals surface area contributed by atoms with Gasteiger partial charge in [-0.2, -0.15) is 0 Å². The Hall–Kier alpha value is -2.66. The topological polar surface area (TPSA) is 75.3 Å². The molecule has 24 heavy (non-hydrogen) atoms. The van der Waals surface area contributed by atoms with Gasteiger partial charge < -0.3 is 10.6 Å². The standard InChI is InChI=1S/C18H17ClN2O3/c1-11-3-6-15(9-16(11)19)21-18(24)10-17(23)20-14-7-4-13(5-8-14)12(2)22/h3-9H,10H2,1-2H3,(H,20,23)(H,21,24). The molecule has 0 aliphatic heterocycles. The van der Waals surface area contributed by atoms with Crippen LogP contribution in [-0.2, 0) is 9.59 Å². The van der Waals surface area contributed by atoms with Crippen molar-refractivity contribution in [1.82, 2.24) is 0 Å². The number of ketones is 1. The van der Waals surface area contributed by atoms with Crippen LogP contribution in [0.3, 0.4) is 0 Å². The van der Waals surface area contributed by atoms with Crippen molar-refractivity contribution >= 4 is 40.6 Å². The third-order valence-corrected chi connectivity index (χ3v) is 3.76. The summed E-state index contributed by atoms with van der Waals surface area (Å²) in [5, 5.41) is 5.77. The summed E-state index contributed by atoms with van der Waals surface area (Å²) in [4.78, 5) is 35.0. The number of benzene rings is 2. The highest BCUT2D eigenvalue weighted by molar-refractivity contribution is 6.31. The van der Waals surface area contributed by atoms with E-state index in [1.165, 1.54) is 6.92 Å². The van der Waals surface area contributed by atoms with E-state index in [1.54, 1.807) is 42.5 Å². The number of anilines is 2. The Balaban J connectivity index is 1.90. The van der Waals surface area contributed by atoms with Crippen LogP contribution in [0, 0.1) is 6.92 Å². The fourth-order valence-corrected chi connectivity index (χ4v) is 2.20. The number of halogens is 1. The Morgan fingerprint density at radius 3 is 2.00 bits per heavy atom. The van der Waals surface area contributed by atoms with Crippen LogP contribution in [0.15, 0.2) is 42.5 Å². The summed E-state index contributed by atoms with van der Waals surface area (Å²) in [5.74, 6) is -0.932. The zero-order valence-corrected chi connectivity index (χ0v) is 14.1. The second kappa shape index (κ2) is 7.75. The SMILES string of the molecule is CC(=O)c1ccc(NC(=O)CC(=O)Nc2ccc(C)c(Cl)c2)cc1. The smallest absolute Gasteiger partial charge is 0.233 e. The van der Waals surface area contributed by atoms with E-state index in [0.717, 1.165) is 5.56 Å². The number of carbonyl (C=O) groups is 3. The maximum Gasteiger partial charge on any atom is 0.233 e. The molecule has 0 radical (unpaired) electrons. The molecule has 0 fully saturated rings.